The van der Waals surface area contributed by atoms with Crippen LogP contribution in [0.2, 0.25) is 0 Å². The zero-order valence-corrected chi connectivity index (χ0v) is 10.7. The standard InChI is InChI=1S/C14H14N4O2/c19-13(17-11-3-7-15-8-4-11)1-2-14(20)18-12-5-9-16-10-6-12/h3-10H,1-2H2,(H,15,17,19)(H,16,18,20). The molecule has 0 saturated carbocycles. The molecule has 0 atom stereocenters. The molecule has 2 aromatic rings. The molecule has 20 heavy (non-hydrogen) atoms. The summed E-state index contributed by atoms with van der Waals surface area (Å²) in [7, 11) is 0. The molecular formula is C14H14N4O2. The molecule has 0 aliphatic carbocycles. The second kappa shape index (κ2) is 6.98. The Morgan fingerprint density at radius 1 is 0.750 bits per heavy atom. The van der Waals surface area contributed by atoms with Crippen LogP contribution >= 0.6 is 0 Å². The predicted molar refractivity (Wildman–Crippen MR) is 75.0 cm³/mol. The average molecular weight is 270 g/mol. The molecule has 6 heteroatoms. The minimum Gasteiger partial charge on any atom is -0.326 e. The van der Waals surface area contributed by atoms with Gasteiger partial charge >= 0.3 is 0 Å². The van der Waals surface area contributed by atoms with Crippen molar-refractivity contribution in [2.45, 2.75) is 12.8 Å². The van der Waals surface area contributed by atoms with E-state index < -0.39 is 0 Å². The molecule has 2 aromatic heterocycles. The first-order valence-electron chi connectivity index (χ1n) is 6.14. The Labute approximate surface area is 116 Å². The number of carbonyl (C=O) groups is 2. The summed E-state index contributed by atoms with van der Waals surface area (Å²) >= 11 is 0. The van der Waals surface area contributed by atoms with Crippen molar-refractivity contribution in [2.24, 2.45) is 0 Å². The molecule has 2 N–H and O–H groups in total. The summed E-state index contributed by atoms with van der Waals surface area (Å²) in [4.78, 5) is 31.0. The number of hydrogen-bond acceptors (Lipinski definition) is 4. The van der Waals surface area contributed by atoms with Crippen molar-refractivity contribution < 1.29 is 9.59 Å². The lowest BCUT2D eigenvalue weighted by molar-refractivity contribution is -0.121. The molecule has 0 unspecified atom stereocenters. The highest BCUT2D eigenvalue weighted by molar-refractivity contribution is 5.96. The van der Waals surface area contributed by atoms with E-state index in [1.807, 2.05) is 0 Å². The average Bonchev–Trinajstić information content (AvgIpc) is 2.47. The molecule has 0 aromatic carbocycles. The number of pyridine rings is 2. The Kier molecular flexibility index (Phi) is 4.77. The molecule has 0 spiro atoms. The first-order chi connectivity index (χ1) is 9.74. The van der Waals surface area contributed by atoms with E-state index in [0.717, 1.165) is 0 Å². The number of hydrogen-bond donors (Lipinski definition) is 2. The second-order valence-corrected chi connectivity index (χ2v) is 4.07. The molecule has 2 heterocycles. The topological polar surface area (TPSA) is 84.0 Å². The SMILES string of the molecule is O=C(CCC(=O)Nc1ccncc1)Nc1ccncc1. The highest BCUT2D eigenvalue weighted by atomic mass is 16.2. The number of aromatic nitrogens is 2. The van der Waals surface area contributed by atoms with E-state index in [4.69, 9.17) is 0 Å². The fraction of sp³-hybridized carbons (Fsp3) is 0.143. The van der Waals surface area contributed by atoms with Crippen LogP contribution in [0.4, 0.5) is 11.4 Å². The van der Waals surface area contributed by atoms with Gasteiger partial charge in [-0.15, -0.1) is 0 Å². The molecule has 0 saturated heterocycles. The fourth-order valence-electron chi connectivity index (χ4n) is 1.54. The minimum absolute atomic E-state index is 0.124. The molecule has 6 nitrogen and oxygen atoms in total. The number of carbonyl (C=O) groups excluding carboxylic acids is 2. The number of anilines is 2. The Hall–Kier alpha value is -2.76. The van der Waals surface area contributed by atoms with Gasteiger partial charge < -0.3 is 10.6 Å². The zero-order chi connectivity index (χ0) is 14.2. The van der Waals surface area contributed by atoms with Crippen molar-refractivity contribution in [2.75, 3.05) is 10.6 Å². The minimum atomic E-state index is -0.207. The summed E-state index contributed by atoms with van der Waals surface area (Å²) in [6.07, 6.45) is 6.60. The number of nitrogens with one attached hydrogen (secondary N) is 2. The molecule has 0 aliphatic rings. The van der Waals surface area contributed by atoms with Crippen LogP contribution in [0.15, 0.2) is 49.1 Å². The van der Waals surface area contributed by atoms with Crippen LogP contribution in [-0.2, 0) is 9.59 Å². The maximum atomic E-state index is 11.6. The zero-order valence-electron chi connectivity index (χ0n) is 10.7. The maximum Gasteiger partial charge on any atom is 0.224 e. The summed E-state index contributed by atoms with van der Waals surface area (Å²) in [5, 5.41) is 5.38. The van der Waals surface area contributed by atoms with Gasteiger partial charge in [0.15, 0.2) is 0 Å². The van der Waals surface area contributed by atoms with Gasteiger partial charge in [0.2, 0.25) is 11.8 Å². The van der Waals surface area contributed by atoms with Gasteiger partial charge in [-0.05, 0) is 24.3 Å². The van der Waals surface area contributed by atoms with Crippen LogP contribution in [0, 0.1) is 0 Å². The summed E-state index contributed by atoms with van der Waals surface area (Å²) in [5.41, 5.74) is 1.33. The molecule has 2 amide bonds. The fourth-order valence-corrected chi connectivity index (χ4v) is 1.54. The Bertz CT molecular complexity index is 519. The van der Waals surface area contributed by atoms with Crippen LogP contribution in [0.25, 0.3) is 0 Å². The van der Waals surface area contributed by atoms with E-state index in [0.29, 0.717) is 11.4 Å². The van der Waals surface area contributed by atoms with Crippen molar-refractivity contribution in [1.29, 1.82) is 0 Å². The van der Waals surface area contributed by atoms with Gasteiger partial charge in [0.05, 0.1) is 0 Å². The van der Waals surface area contributed by atoms with Crippen LogP contribution < -0.4 is 10.6 Å². The van der Waals surface area contributed by atoms with Crippen LogP contribution in [-0.4, -0.2) is 21.8 Å². The number of nitrogens with zero attached hydrogens (tertiary/aromatic N) is 2. The predicted octanol–water partition coefficient (Wildman–Crippen LogP) is 1.83. The second-order valence-electron chi connectivity index (χ2n) is 4.07. The van der Waals surface area contributed by atoms with Crippen molar-refractivity contribution in [3.8, 4) is 0 Å². The van der Waals surface area contributed by atoms with Gasteiger partial charge in [0.1, 0.15) is 0 Å². The van der Waals surface area contributed by atoms with E-state index in [9.17, 15) is 9.59 Å². The Morgan fingerprint density at radius 3 is 1.45 bits per heavy atom. The van der Waals surface area contributed by atoms with Crippen molar-refractivity contribution in [3.05, 3.63) is 49.1 Å². The van der Waals surface area contributed by atoms with Gasteiger partial charge in [-0.3, -0.25) is 19.6 Å². The van der Waals surface area contributed by atoms with Gasteiger partial charge in [0, 0.05) is 49.0 Å². The van der Waals surface area contributed by atoms with Crippen LogP contribution in [0.5, 0.6) is 0 Å². The smallest absolute Gasteiger partial charge is 0.224 e. The van der Waals surface area contributed by atoms with Crippen molar-refractivity contribution >= 4 is 23.2 Å². The molecule has 0 fully saturated rings. The normalized spacial score (nSPS) is 9.80. The van der Waals surface area contributed by atoms with Gasteiger partial charge in [-0.25, -0.2) is 0 Å². The van der Waals surface area contributed by atoms with Gasteiger partial charge in [-0.1, -0.05) is 0 Å². The summed E-state index contributed by atoms with van der Waals surface area (Å²) in [6.45, 7) is 0. The molecule has 0 aliphatic heterocycles. The lowest BCUT2D eigenvalue weighted by atomic mass is 10.2. The molecule has 102 valence electrons. The van der Waals surface area contributed by atoms with E-state index in [2.05, 4.69) is 20.6 Å². The maximum absolute atomic E-state index is 11.6. The third kappa shape index (κ3) is 4.49. The largest absolute Gasteiger partial charge is 0.326 e. The molecular weight excluding hydrogens is 256 g/mol. The van der Waals surface area contributed by atoms with E-state index in [-0.39, 0.29) is 24.7 Å². The third-order valence-corrected chi connectivity index (χ3v) is 2.51. The van der Waals surface area contributed by atoms with E-state index >= 15 is 0 Å². The summed E-state index contributed by atoms with van der Waals surface area (Å²) < 4.78 is 0. The lowest BCUT2D eigenvalue weighted by Crippen LogP contribution is -2.17. The van der Waals surface area contributed by atoms with E-state index in [1.54, 1.807) is 49.1 Å². The van der Waals surface area contributed by atoms with Gasteiger partial charge in [0.25, 0.3) is 0 Å². The number of rotatable bonds is 5. The molecule has 2 rings (SSSR count). The van der Waals surface area contributed by atoms with E-state index in [1.165, 1.54) is 0 Å². The lowest BCUT2D eigenvalue weighted by Gasteiger charge is -2.06. The molecule has 0 bridgehead atoms. The summed E-state index contributed by atoms with van der Waals surface area (Å²) in [6, 6.07) is 6.76. The van der Waals surface area contributed by atoms with Crippen molar-refractivity contribution in [3.63, 3.8) is 0 Å². The monoisotopic (exact) mass is 270 g/mol. The van der Waals surface area contributed by atoms with Crippen LogP contribution in [0.3, 0.4) is 0 Å². The number of amides is 2. The highest BCUT2D eigenvalue weighted by Gasteiger charge is 2.07. The quantitative estimate of drug-likeness (QED) is 0.868. The Balaban J connectivity index is 1.75. The molecule has 0 radical (unpaired) electrons. The van der Waals surface area contributed by atoms with Crippen molar-refractivity contribution in [1.82, 2.24) is 9.97 Å². The Morgan fingerprint density at radius 2 is 1.10 bits per heavy atom. The first-order valence-corrected chi connectivity index (χ1v) is 6.14. The van der Waals surface area contributed by atoms with Gasteiger partial charge in [-0.2, -0.15) is 0 Å². The van der Waals surface area contributed by atoms with Crippen LogP contribution in [0.1, 0.15) is 12.8 Å². The highest BCUT2D eigenvalue weighted by Crippen LogP contribution is 2.07. The summed E-state index contributed by atoms with van der Waals surface area (Å²) in [5.74, 6) is -0.415. The third-order valence-electron chi connectivity index (χ3n) is 2.51. The first kappa shape index (κ1) is 13.7.